The molecule has 1 aromatic carbocycles. The number of ether oxygens (including phenoxy) is 1. The lowest BCUT2D eigenvalue weighted by Gasteiger charge is -2.20. The average molecular weight is 304 g/mol. The van der Waals surface area contributed by atoms with E-state index in [0.717, 1.165) is 25.0 Å². The van der Waals surface area contributed by atoms with Crippen molar-refractivity contribution in [3.63, 3.8) is 0 Å². The summed E-state index contributed by atoms with van der Waals surface area (Å²) >= 11 is 0. The molecule has 0 spiro atoms. The maximum Gasteiger partial charge on any atom is 0.258 e. The van der Waals surface area contributed by atoms with Gasteiger partial charge < -0.3 is 15.0 Å². The summed E-state index contributed by atoms with van der Waals surface area (Å²) in [6.45, 7) is 1.60. The molecule has 0 bridgehead atoms. The molecule has 1 aliphatic rings. The highest BCUT2D eigenvalue weighted by molar-refractivity contribution is 5.87. The Hall–Kier alpha value is -2.04. The minimum atomic E-state index is -0.546. The van der Waals surface area contributed by atoms with Crippen molar-refractivity contribution in [2.45, 2.75) is 38.6 Å². The third-order valence-corrected chi connectivity index (χ3v) is 3.90. The number of carbonyl (C=O) groups excluding carboxylic acids is 2. The van der Waals surface area contributed by atoms with E-state index in [1.807, 2.05) is 12.1 Å². The fourth-order valence-corrected chi connectivity index (χ4v) is 2.76. The summed E-state index contributed by atoms with van der Waals surface area (Å²) in [5.41, 5.74) is 2.54. The van der Waals surface area contributed by atoms with Crippen LogP contribution in [0.3, 0.4) is 0 Å². The van der Waals surface area contributed by atoms with E-state index in [4.69, 9.17) is 4.74 Å². The summed E-state index contributed by atoms with van der Waals surface area (Å²) in [6, 6.07) is 5.46. The Morgan fingerprint density at radius 1 is 1.27 bits per heavy atom. The minimum absolute atomic E-state index is 0.0680. The van der Waals surface area contributed by atoms with Crippen LogP contribution in [0.25, 0.3) is 0 Å². The first-order valence-corrected chi connectivity index (χ1v) is 7.73. The number of carbonyl (C=O) groups is 2. The summed E-state index contributed by atoms with van der Waals surface area (Å²) in [5, 5.41) is 2.66. The predicted molar refractivity (Wildman–Crippen MR) is 84.9 cm³/mol. The number of hydrogen-bond acceptors (Lipinski definition) is 3. The molecule has 5 nitrogen and oxygen atoms in total. The standard InChI is InChI=1S/C17H24N2O3/c1-12(17(21)19(2)3)18-16(20)11-22-15-10-6-8-13-7-4-5-9-14(13)15/h6,8,10,12H,4-5,7,9,11H2,1-3H3,(H,18,20). The molecule has 120 valence electrons. The Labute approximate surface area is 131 Å². The molecule has 2 amide bonds. The Balaban J connectivity index is 1.90. The number of benzene rings is 1. The van der Waals surface area contributed by atoms with Gasteiger partial charge in [0.15, 0.2) is 6.61 Å². The monoisotopic (exact) mass is 304 g/mol. The highest BCUT2D eigenvalue weighted by Gasteiger charge is 2.18. The van der Waals surface area contributed by atoms with Gasteiger partial charge in [0.05, 0.1) is 0 Å². The molecule has 0 aliphatic heterocycles. The second kappa shape index (κ2) is 7.29. The van der Waals surface area contributed by atoms with Crippen LogP contribution in [-0.4, -0.2) is 43.5 Å². The summed E-state index contributed by atoms with van der Waals surface area (Å²) < 4.78 is 5.67. The van der Waals surface area contributed by atoms with Crippen molar-refractivity contribution in [1.82, 2.24) is 10.2 Å². The molecule has 0 radical (unpaired) electrons. The normalized spacial score (nSPS) is 14.7. The zero-order valence-corrected chi connectivity index (χ0v) is 13.5. The van der Waals surface area contributed by atoms with Crippen LogP contribution in [-0.2, 0) is 22.4 Å². The van der Waals surface area contributed by atoms with Crippen molar-refractivity contribution in [2.75, 3.05) is 20.7 Å². The number of aryl methyl sites for hydroxylation is 1. The van der Waals surface area contributed by atoms with Gasteiger partial charge in [-0.25, -0.2) is 0 Å². The summed E-state index contributed by atoms with van der Waals surface area (Å²) in [6.07, 6.45) is 4.45. The van der Waals surface area contributed by atoms with Gasteiger partial charge in [-0.3, -0.25) is 9.59 Å². The molecule has 0 fully saturated rings. The second-order valence-electron chi connectivity index (χ2n) is 5.91. The van der Waals surface area contributed by atoms with E-state index in [1.165, 1.54) is 22.4 Å². The van der Waals surface area contributed by atoms with Crippen molar-refractivity contribution in [1.29, 1.82) is 0 Å². The minimum Gasteiger partial charge on any atom is -0.483 e. The zero-order valence-electron chi connectivity index (χ0n) is 13.5. The van der Waals surface area contributed by atoms with Crippen LogP contribution in [0, 0.1) is 0 Å². The third-order valence-electron chi connectivity index (χ3n) is 3.90. The van der Waals surface area contributed by atoms with Crippen LogP contribution in [0.5, 0.6) is 5.75 Å². The molecular weight excluding hydrogens is 280 g/mol. The molecular formula is C17H24N2O3. The van der Waals surface area contributed by atoms with Crippen molar-refractivity contribution in [2.24, 2.45) is 0 Å². The predicted octanol–water partition coefficient (Wildman–Crippen LogP) is 1.54. The Bertz CT molecular complexity index is 555. The largest absolute Gasteiger partial charge is 0.483 e. The van der Waals surface area contributed by atoms with Crippen LogP contribution in [0.1, 0.15) is 30.9 Å². The summed E-state index contributed by atoms with van der Waals surface area (Å²) in [7, 11) is 3.33. The second-order valence-corrected chi connectivity index (χ2v) is 5.91. The van der Waals surface area contributed by atoms with E-state index in [-0.39, 0.29) is 18.4 Å². The van der Waals surface area contributed by atoms with Gasteiger partial charge in [0.1, 0.15) is 11.8 Å². The average Bonchev–Trinajstić information content (AvgIpc) is 2.51. The van der Waals surface area contributed by atoms with E-state index in [0.29, 0.717) is 0 Å². The van der Waals surface area contributed by atoms with Crippen molar-refractivity contribution >= 4 is 11.8 Å². The van der Waals surface area contributed by atoms with Gasteiger partial charge >= 0.3 is 0 Å². The van der Waals surface area contributed by atoms with Crippen LogP contribution in [0.4, 0.5) is 0 Å². The number of fused-ring (bicyclic) bond motifs is 1. The maximum atomic E-state index is 11.9. The Morgan fingerprint density at radius 2 is 2.00 bits per heavy atom. The molecule has 0 heterocycles. The van der Waals surface area contributed by atoms with Crippen molar-refractivity contribution in [3.05, 3.63) is 29.3 Å². The van der Waals surface area contributed by atoms with Crippen molar-refractivity contribution in [3.8, 4) is 5.75 Å². The molecule has 22 heavy (non-hydrogen) atoms. The maximum absolute atomic E-state index is 11.9. The van der Waals surface area contributed by atoms with Gasteiger partial charge in [-0.1, -0.05) is 12.1 Å². The van der Waals surface area contributed by atoms with E-state index in [9.17, 15) is 9.59 Å². The Kier molecular flexibility index (Phi) is 5.41. The number of rotatable bonds is 5. The molecule has 1 N–H and O–H groups in total. The molecule has 1 atom stereocenters. The van der Waals surface area contributed by atoms with E-state index in [1.54, 1.807) is 21.0 Å². The molecule has 1 unspecified atom stereocenters. The molecule has 2 rings (SSSR count). The lowest BCUT2D eigenvalue weighted by molar-refractivity contribution is -0.134. The molecule has 0 saturated carbocycles. The van der Waals surface area contributed by atoms with Gasteiger partial charge in [-0.05, 0) is 49.8 Å². The highest BCUT2D eigenvalue weighted by atomic mass is 16.5. The van der Waals surface area contributed by atoms with Crippen LogP contribution in [0.15, 0.2) is 18.2 Å². The fourth-order valence-electron chi connectivity index (χ4n) is 2.76. The van der Waals surface area contributed by atoms with Gasteiger partial charge in [0.2, 0.25) is 5.91 Å². The lowest BCUT2D eigenvalue weighted by Crippen LogP contribution is -2.45. The molecule has 0 aromatic heterocycles. The van der Waals surface area contributed by atoms with Crippen LogP contribution in [0.2, 0.25) is 0 Å². The van der Waals surface area contributed by atoms with Crippen LogP contribution < -0.4 is 10.1 Å². The highest BCUT2D eigenvalue weighted by Crippen LogP contribution is 2.29. The first-order valence-electron chi connectivity index (χ1n) is 7.73. The van der Waals surface area contributed by atoms with Gasteiger partial charge in [0, 0.05) is 14.1 Å². The summed E-state index contributed by atoms with van der Waals surface area (Å²) in [4.78, 5) is 25.1. The number of nitrogens with zero attached hydrogens (tertiary/aromatic N) is 1. The third kappa shape index (κ3) is 4.00. The first kappa shape index (κ1) is 16.3. The quantitative estimate of drug-likeness (QED) is 0.897. The lowest BCUT2D eigenvalue weighted by atomic mass is 9.91. The van der Waals surface area contributed by atoms with E-state index in [2.05, 4.69) is 11.4 Å². The number of likely N-dealkylation sites (N-methyl/N-ethyl adjacent to an activating group) is 1. The number of nitrogens with one attached hydrogen (secondary N) is 1. The number of amides is 2. The zero-order chi connectivity index (χ0) is 16.1. The van der Waals surface area contributed by atoms with E-state index < -0.39 is 6.04 Å². The fraction of sp³-hybridized carbons (Fsp3) is 0.529. The smallest absolute Gasteiger partial charge is 0.258 e. The summed E-state index contributed by atoms with van der Waals surface area (Å²) in [5.74, 6) is 0.375. The molecule has 0 saturated heterocycles. The molecule has 1 aliphatic carbocycles. The van der Waals surface area contributed by atoms with E-state index >= 15 is 0 Å². The molecule has 1 aromatic rings. The SMILES string of the molecule is CC(NC(=O)COc1cccc2c1CCCC2)C(=O)N(C)C. The van der Waals surface area contributed by atoms with Crippen molar-refractivity contribution < 1.29 is 14.3 Å². The van der Waals surface area contributed by atoms with Crippen LogP contribution >= 0.6 is 0 Å². The van der Waals surface area contributed by atoms with Gasteiger partial charge in [-0.2, -0.15) is 0 Å². The topological polar surface area (TPSA) is 58.6 Å². The first-order chi connectivity index (χ1) is 10.5. The Morgan fingerprint density at radius 3 is 2.73 bits per heavy atom. The molecule has 5 heteroatoms. The number of hydrogen-bond donors (Lipinski definition) is 1. The van der Waals surface area contributed by atoms with Gasteiger partial charge in [0.25, 0.3) is 5.91 Å². The van der Waals surface area contributed by atoms with Gasteiger partial charge in [-0.15, -0.1) is 0 Å².